The Labute approximate surface area is 116 Å². The van der Waals surface area contributed by atoms with Crippen molar-refractivity contribution in [2.75, 3.05) is 5.75 Å². The molecule has 1 unspecified atom stereocenters. The van der Waals surface area contributed by atoms with Crippen molar-refractivity contribution in [2.45, 2.75) is 83.2 Å². The van der Waals surface area contributed by atoms with E-state index in [0.29, 0.717) is 6.04 Å². The van der Waals surface area contributed by atoms with Gasteiger partial charge in [-0.1, -0.05) is 50.8 Å². The average Bonchev–Trinajstić information content (AvgIpc) is 2.33. The van der Waals surface area contributed by atoms with Crippen molar-refractivity contribution in [3.8, 4) is 0 Å². The SMILES string of the molecule is CCC1(C)CCSC(=NC2CCCCCCC2)N1. The fraction of sp³-hybridized carbons (Fsp3) is 0.933. The number of nitrogens with one attached hydrogen (secondary N) is 1. The lowest BCUT2D eigenvalue weighted by Crippen LogP contribution is -2.48. The van der Waals surface area contributed by atoms with E-state index in [2.05, 4.69) is 19.2 Å². The summed E-state index contributed by atoms with van der Waals surface area (Å²) in [4.78, 5) is 5.01. The van der Waals surface area contributed by atoms with Gasteiger partial charge in [-0.05, 0) is 32.6 Å². The highest BCUT2D eigenvalue weighted by atomic mass is 32.2. The minimum absolute atomic E-state index is 0.283. The monoisotopic (exact) mass is 268 g/mol. The number of rotatable bonds is 2. The third kappa shape index (κ3) is 4.18. The summed E-state index contributed by atoms with van der Waals surface area (Å²) >= 11 is 1.93. The van der Waals surface area contributed by atoms with E-state index in [0.717, 1.165) is 0 Å². The molecule has 1 aliphatic carbocycles. The van der Waals surface area contributed by atoms with E-state index < -0.39 is 0 Å². The number of nitrogens with zero attached hydrogens (tertiary/aromatic N) is 1. The summed E-state index contributed by atoms with van der Waals surface area (Å²) in [5, 5.41) is 4.89. The van der Waals surface area contributed by atoms with Crippen molar-refractivity contribution in [3.05, 3.63) is 0 Å². The lowest BCUT2D eigenvalue weighted by Gasteiger charge is -2.35. The average molecular weight is 268 g/mol. The van der Waals surface area contributed by atoms with E-state index in [-0.39, 0.29) is 5.54 Å². The maximum atomic E-state index is 5.01. The second kappa shape index (κ2) is 6.83. The maximum Gasteiger partial charge on any atom is 0.157 e. The molecule has 2 nitrogen and oxygen atoms in total. The quantitative estimate of drug-likeness (QED) is 0.805. The first-order valence-corrected chi connectivity index (χ1v) is 8.69. The van der Waals surface area contributed by atoms with Crippen molar-refractivity contribution < 1.29 is 0 Å². The Hall–Kier alpha value is -0.180. The molecule has 104 valence electrons. The Kier molecular flexibility index (Phi) is 5.40. The lowest BCUT2D eigenvalue weighted by atomic mass is 9.95. The van der Waals surface area contributed by atoms with Gasteiger partial charge in [0.05, 0.1) is 6.04 Å². The van der Waals surface area contributed by atoms with Gasteiger partial charge in [0.1, 0.15) is 0 Å². The van der Waals surface area contributed by atoms with Crippen LogP contribution in [0.25, 0.3) is 0 Å². The fourth-order valence-electron chi connectivity index (χ4n) is 2.79. The summed E-state index contributed by atoms with van der Waals surface area (Å²) in [5.74, 6) is 1.23. The molecular formula is C15H28N2S. The molecule has 0 amide bonds. The topological polar surface area (TPSA) is 24.4 Å². The summed E-state index contributed by atoms with van der Waals surface area (Å²) in [5.41, 5.74) is 0.283. The van der Waals surface area contributed by atoms with Crippen LogP contribution >= 0.6 is 11.8 Å². The van der Waals surface area contributed by atoms with E-state index in [1.54, 1.807) is 0 Å². The van der Waals surface area contributed by atoms with Gasteiger partial charge >= 0.3 is 0 Å². The van der Waals surface area contributed by atoms with Crippen molar-refractivity contribution in [3.63, 3.8) is 0 Å². The van der Waals surface area contributed by atoms with Gasteiger partial charge in [-0.2, -0.15) is 0 Å². The number of hydrogen-bond acceptors (Lipinski definition) is 2. The molecule has 0 radical (unpaired) electrons. The molecule has 18 heavy (non-hydrogen) atoms. The smallest absolute Gasteiger partial charge is 0.157 e. The molecule has 1 saturated carbocycles. The molecule has 0 aromatic carbocycles. The summed E-state index contributed by atoms with van der Waals surface area (Å²) in [7, 11) is 0. The number of thioether (sulfide) groups is 1. The van der Waals surface area contributed by atoms with Crippen LogP contribution in [0.1, 0.15) is 71.6 Å². The molecule has 0 aromatic rings. The van der Waals surface area contributed by atoms with Crippen molar-refractivity contribution in [1.82, 2.24) is 5.32 Å². The Morgan fingerprint density at radius 3 is 2.56 bits per heavy atom. The van der Waals surface area contributed by atoms with Crippen LogP contribution in [0.3, 0.4) is 0 Å². The molecule has 1 saturated heterocycles. The maximum absolute atomic E-state index is 5.01. The van der Waals surface area contributed by atoms with Gasteiger partial charge in [-0.15, -0.1) is 0 Å². The van der Waals surface area contributed by atoms with Crippen molar-refractivity contribution in [1.29, 1.82) is 0 Å². The standard InChI is InChI=1S/C15H28N2S/c1-3-15(2)11-12-18-14(17-15)16-13-9-7-5-4-6-8-10-13/h13H,3-12H2,1-2H3,(H,16,17). The Bertz CT molecular complexity index is 282. The van der Waals surface area contributed by atoms with Crippen molar-refractivity contribution in [2.24, 2.45) is 4.99 Å². The predicted molar refractivity (Wildman–Crippen MR) is 82.4 cm³/mol. The molecule has 0 spiro atoms. The van der Waals surface area contributed by atoms with Gasteiger partial charge < -0.3 is 5.32 Å². The Morgan fingerprint density at radius 2 is 1.89 bits per heavy atom. The molecule has 1 heterocycles. The van der Waals surface area contributed by atoms with Crippen LogP contribution in [0.4, 0.5) is 0 Å². The third-order valence-electron chi connectivity index (χ3n) is 4.46. The summed E-state index contributed by atoms with van der Waals surface area (Å²) < 4.78 is 0. The highest BCUT2D eigenvalue weighted by Crippen LogP contribution is 2.27. The third-order valence-corrected chi connectivity index (χ3v) is 5.35. The van der Waals surface area contributed by atoms with Crippen LogP contribution in [-0.2, 0) is 0 Å². The molecule has 2 aliphatic rings. The molecule has 1 aliphatic heterocycles. The Balaban J connectivity index is 1.93. The second-order valence-electron chi connectivity index (χ2n) is 6.07. The number of aliphatic imine (C=N–C) groups is 1. The molecule has 3 heteroatoms. The number of hydrogen-bond donors (Lipinski definition) is 1. The summed E-state index contributed by atoms with van der Waals surface area (Å²) in [6.45, 7) is 4.61. The minimum atomic E-state index is 0.283. The molecule has 0 aromatic heterocycles. The Morgan fingerprint density at radius 1 is 1.22 bits per heavy atom. The van der Waals surface area contributed by atoms with E-state index in [1.807, 2.05) is 11.8 Å². The second-order valence-corrected chi connectivity index (χ2v) is 7.15. The van der Waals surface area contributed by atoms with Crippen LogP contribution in [0.15, 0.2) is 4.99 Å². The summed E-state index contributed by atoms with van der Waals surface area (Å²) in [6.07, 6.45) is 12.1. The van der Waals surface area contributed by atoms with Crippen molar-refractivity contribution >= 4 is 16.9 Å². The molecule has 2 fully saturated rings. The van der Waals surface area contributed by atoms with E-state index in [1.165, 1.54) is 68.7 Å². The van der Waals surface area contributed by atoms with Gasteiger partial charge in [-0.25, -0.2) is 0 Å². The highest BCUT2D eigenvalue weighted by Gasteiger charge is 2.28. The molecule has 0 bridgehead atoms. The number of amidine groups is 1. The first-order valence-electron chi connectivity index (χ1n) is 7.71. The summed E-state index contributed by atoms with van der Waals surface area (Å²) in [6, 6.07) is 0.583. The zero-order valence-corrected chi connectivity index (χ0v) is 12.8. The van der Waals surface area contributed by atoms with Gasteiger partial charge in [0.2, 0.25) is 0 Å². The molecular weight excluding hydrogens is 240 g/mol. The van der Waals surface area contributed by atoms with E-state index in [9.17, 15) is 0 Å². The lowest BCUT2D eigenvalue weighted by molar-refractivity contribution is 0.387. The molecule has 2 rings (SSSR count). The van der Waals surface area contributed by atoms with E-state index in [4.69, 9.17) is 4.99 Å². The molecule has 1 N–H and O–H groups in total. The van der Waals surface area contributed by atoms with Crippen LogP contribution in [0.5, 0.6) is 0 Å². The predicted octanol–water partition coefficient (Wildman–Crippen LogP) is 4.35. The van der Waals surface area contributed by atoms with E-state index >= 15 is 0 Å². The van der Waals surface area contributed by atoms with Crippen LogP contribution < -0.4 is 5.32 Å². The van der Waals surface area contributed by atoms with Gasteiger partial charge in [0.15, 0.2) is 5.17 Å². The minimum Gasteiger partial charge on any atom is -0.360 e. The van der Waals surface area contributed by atoms with Gasteiger partial charge in [0.25, 0.3) is 0 Å². The van der Waals surface area contributed by atoms with Gasteiger partial charge in [-0.3, -0.25) is 4.99 Å². The van der Waals surface area contributed by atoms with Crippen LogP contribution in [0.2, 0.25) is 0 Å². The first kappa shape index (κ1) is 14.2. The highest BCUT2D eigenvalue weighted by molar-refractivity contribution is 8.13. The first-order chi connectivity index (χ1) is 8.72. The van der Waals surface area contributed by atoms with Gasteiger partial charge in [0, 0.05) is 11.3 Å². The molecule has 1 atom stereocenters. The largest absolute Gasteiger partial charge is 0.360 e. The zero-order valence-electron chi connectivity index (χ0n) is 12.0. The zero-order chi connectivity index (χ0) is 12.8. The van der Waals surface area contributed by atoms with Crippen LogP contribution in [0, 0.1) is 0 Å². The normalized spacial score (nSPS) is 33.8. The fourth-order valence-corrected chi connectivity index (χ4v) is 4.08. The van der Waals surface area contributed by atoms with Crippen LogP contribution in [-0.4, -0.2) is 22.5 Å².